The smallest absolute Gasteiger partial charge is 0.191 e. The second-order valence-electron chi connectivity index (χ2n) is 6.73. The minimum Gasteiger partial charge on any atom is -0.356 e. The van der Waals surface area contributed by atoms with E-state index >= 15 is 0 Å². The first kappa shape index (κ1) is 21.6. The predicted octanol–water partition coefficient (Wildman–Crippen LogP) is 3.85. The summed E-state index contributed by atoms with van der Waals surface area (Å²) in [6, 6.07) is 0. The number of nitrogens with zero attached hydrogens (tertiary/aromatic N) is 2. The lowest BCUT2D eigenvalue weighted by atomic mass is 9.84. The molecule has 1 heterocycles. The molecule has 0 saturated carbocycles. The van der Waals surface area contributed by atoms with Gasteiger partial charge in [0.15, 0.2) is 5.96 Å². The Kier molecular flexibility index (Phi) is 10.2. The van der Waals surface area contributed by atoms with Crippen molar-refractivity contribution in [2.45, 2.75) is 47.5 Å². The van der Waals surface area contributed by atoms with Gasteiger partial charge < -0.3 is 10.6 Å². The molecule has 22 heavy (non-hydrogen) atoms. The van der Waals surface area contributed by atoms with Gasteiger partial charge in [0.1, 0.15) is 0 Å². The fourth-order valence-corrected chi connectivity index (χ4v) is 3.31. The van der Waals surface area contributed by atoms with Crippen LogP contribution in [0.25, 0.3) is 0 Å². The zero-order valence-electron chi connectivity index (χ0n) is 14.7. The molecule has 0 amide bonds. The highest BCUT2D eigenvalue weighted by Gasteiger charge is 2.19. The third-order valence-corrected chi connectivity index (χ3v) is 4.19. The van der Waals surface area contributed by atoms with Gasteiger partial charge in [-0.2, -0.15) is 0 Å². The molecule has 1 rings (SSSR count). The summed E-state index contributed by atoms with van der Waals surface area (Å²) >= 11 is 1.76. The van der Waals surface area contributed by atoms with E-state index in [2.05, 4.69) is 55.2 Å². The number of rotatable bonds is 7. The number of guanidine groups is 1. The zero-order valence-corrected chi connectivity index (χ0v) is 17.8. The van der Waals surface area contributed by atoms with Crippen molar-refractivity contribution in [2.24, 2.45) is 16.3 Å². The molecule has 0 fully saturated rings. The van der Waals surface area contributed by atoms with E-state index in [1.807, 2.05) is 13.2 Å². The third kappa shape index (κ3) is 8.92. The van der Waals surface area contributed by atoms with Gasteiger partial charge in [-0.05, 0) is 24.7 Å². The molecule has 128 valence electrons. The Balaban J connectivity index is 0.00000441. The second-order valence-corrected chi connectivity index (χ2v) is 8.05. The Labute approximate surface area is 156 Å². The molecule has 0 bridgehead atoms. The highest BCUT2D eigenvalue weighted by atomic mass is 127. The van der Waals surface area contributed by atoms with Crippen LogP contribution >= 0.6 is 35.3 Å². The maximum atomic E-state index is 4.37. The average Bonchev–Trinajstić information content (AvgIpc) is 2.77. The van der Waals surface area contributed by atoms with Gasteiger partial charge in [0, 0.05) is 37.6 Å². The van der Waals surface area contributed by atoms with E-state index in [9.17, 15) is 0 Å². The van der Waals surface area contributed by atoms with Gasteiger partial charge in [-0.1, -0.05) is 27.7 Å². The van der Waals surface area contributed by atoms with Crippen LogP contribution in [0.4, 0.5) is 0 Å². The molecule has 0 aliphatic heterocycles. The lowest BCUT2D eigenvalue weighted by Crippen LogP contribution is -2.43. The van der Waals surface area contributed by atoms with Crippen LogP contribution in [0.15, 0.2) is 11.2 Å². The maximum Gasteiger partial charge on any atom is 0.191 e. The average molecular weight is 438 g/mol. The third-order valence-electron chi connectivity index (χ3n) is 3.22. The quantitative estimate of drug-likeness (QED) is 0.386. The van der Waals surface area contributed by atoms with Crippen LogP contribution in [-0.2, 0) is 6.42 Å². The van der Waals surface area contributed by atoms with E-state index in [0.29, 0.717) is 5.92 Å². The summed E-state index contributed by atoms with van der Waals surface area (Å²) in [7, 11) is 1.82. The Bertz CT molecular complexity index is 455. The molecule has 0 radical (unpaired) electrons. The number of aromatic nitrogens is 1. The van der Waals surface area contributed by atoms with E-state index in [4.69, 9.17) is 0 Å². The maximum absolute atomic E-state index is 4.37. The van der Waals surface area contributed by atoms with Crippen LogP contribution < -0.4 is 10.6 Å². The topological polar surface area (TPSA) is 49.3 Å². The van der Waals surface area contributed by atoms with E-state index in [1.54, 1.807) is 11.3 Å². The first-order chi connectivity index (χ1) is 9.82. The van der Waals surface area contributed by atoms with Crippen molar-refractivity contribution in [1.29, 1.82) is 0 Å². The normalized spacial score (nSPS) is 12.2. The monoisotopic (exact) mass is 438 g/mol. The fourth-order valence-electron chi connectivity index (χ4n) is 2.53. The van der Waals surface area contributed by atoms with E-state index < -0.39 is 0 Å². The summed E-state index contributed by atoms with van der Waals surface area (Å²) in [5, 5.41) is 7.96. The molecule has 0 atom stereocenters. The summed E-state index contributed by atoms with van der Waals surface area (Å²) in [5.74, 6) is 1.59. The van der Waals surface area contributed by atoms with Crippen molar-refractivity contribution in [3.63, 3.8) is 0 Å². The van der Waals surface area contributed by atoms with Crippen LogP contribution in [0.5, 0.6) is 0 Å². The first-order valence-corrected chi connectivity index (χ1v) is 8.50. The Hall–Kier alpha value is -0.370. The molecule has 0 spiro atoms. The highest BCUT2D eigenvalue weighted by molar-refractivity contribution is 14.0. The van der Waals surface area contributed by atoms with Gasteiger partial charge in [-0.25, -0.2) is 4.98 Å². The van der Waals surface area contributed by atoms with Gasteiger partial charge >= 0.3 is 0 Å². The van der Waals surface area contributed by atoms with Crippen LogP contribution in [0.2, 0.25) is 0 Å². The number of nitrogens with one attached hydrogen (secondary N) is 2. The van der Waals surface area contributed by atoms with Crippen molar-refractivity contribution < 1.29 is 0 Å². The van der Waals surface area contributed by atoms with Gasteiger partial charge in [0.2, 0.25) is 0 Å². The van der Waals surface area contributed by atoms with Crippen LogP contribution in [-0.4, -0.2) is 31.1 Å². The molecule has 0 aromatic carbocycles. The number of hydrogen-bond donors (Lipinski definition) is 2. The molecule has 4 nitrogen and oxygen atoms in total. The van der Waals surface area contributed by atoms with Gasteiger partial charge in [0.05, 0.1) is 5.01 Å². The minimum atomic E-state index is 0. The molecule has 6 heteroatoms. The molecule has 0 saturated heterocycles. The summed E-state index contributed by atoms with van der Waals surface area (Å²) in [5.41, 5.74) is 0.276. The molecular formula is C16H31IN4S. The highest BCUT2D eigenvalue weighted by Crippen LogP contribution is 2.23. The molecule has 0 unspecified atom stereocenters. The number of aryl methyl sites for hydroxylation is 1. The molecule has 1 aromatic rings. The number of aliphatic imine (C=N–C) groups is 1. The van der Waals surface area contributed by atoms with Crippen molar-refractivity contribution in [2.75, 3.05) is 20.1 Å². The van der Waals surface area contributed by atoms with Crippen LogP contribution in [0.1, 0.15) is 44.0 Å². The molecule has 0 aliphatic carbocycles. The Morgan fingerprint density at radius 3 is 2.55 bits per heavy atom. The summed E-state index contributed by atoms with van der Waals surface area (Å²) in [4.78, 5) is 9.93. The SMILES string of the molecule is CN=C(NCCc1ncc(C)s1)NCC(C)(C)CC(C)C.I. The van der Waals surface area contributed by atoms with Crippen molar-refractivity contribution >= 4 is 41.3 Å². The molecule has 2 N–H and O–H groups in total. The number of halogens is 1. The van der Waals surface area contributed by atoms with Gasteiger partial charge in [0.25, 0.3) is 0 Å². The van der Waals surface area contributed by atoms with Gasteiger partial charge in [-0.15, -0.1) is 35.3 Å². The van der Waals surface area contributed by atoms with Crippen molar-refractivity contribution in [3.05, 3.63) is 16.1 Å². The van der Waals surface area contributed by atoms with Crippen molar-refractivity contribution in [3.8, 4) is 0 Å². The molecule has 1 aromatic heterocycles. The predicted molar refractivity (Wildman–Crippen MR) is 109 cm³/mol. The van der Waals surface area contributed by atoms with Crippen LogP contribution in [0, 0.1) is 18.3 Å². The van der Waals surface area contributed by atoms with Crippen LogP contribution in [0.3, 0.4) is 0 Å². The number of thiazole rings is 1. The fraction of sp³-hybridized carbons (Fsp3) is 0.750. The zero-order chi connectivity index (χ0) is 15.9. The molecule has 0 aliphatic rings. The van der Waals surface area contributed by atoms with E-state index in [0.717, 1.165) is 25.5 Å². The Morgan fingerprint density at radius 1 is 1.36 bits per heavy atom. The summed E-state index contributed by atoms with van der Waals surface area (Å²) in [6.07, 6.45) is 4.07. The van der Waals surface area contributed by atoms with E-state index in [-0.39, 0.29) is 29.4 Å². The standard InChI is InChI=1S/C16H30N4S.HI/c1-12(2)9-16(4,5)11-20-15(17-6)18-8-7-14-19-10-13(3)21-14;/h10,12H,7-9,11H2,1-6H3,(H2,17,18,20);1H. The lowest BCUT2D eigenvalue weighted by molar-refractivity contribution is 0.286. The first-order valence-electron chi connectivity index (χ1n) is 7.68. The number of hydrogen-bond acceptors (Lipinski definition) is 3. The van der Waals surface area contributed by atoms with Gasteiger partial charge in [-0.3, -0.25) is 4.99 Å². The second kappa shape index (κ2) is 10.4. The summed E-state index contributed by atoms with van der Waals surface area (Å²) in [6.45, 7) is 13.0. The Morgan fingerprint density at radius 2 is 2.05 bits per heavy atom. The summed E-state index contributed by atoms with van der Waals surface area (Å²) < 4.78 is 0. The minimum absolute atomic E-state index is 0. The largest absolute Gasteiger partial charge is 0.356 e. The van der Waals surface area contributed by atoms with E-state index in [1.165, 1.54) is 16.3 Å². The molecular weight excluding hydrogens is 407 g/mol. The lowest BCUT2D eigenvalue weighted by Gasteiger charge is -2.27. The van der Waals surface area contributed by atoms with Crippen molar-refractivity contribution in [1.82, 2.24) is 15.6 Å².